The van der Waals surface area contributed by atoms with E-state index >= 15 is 0 Å². The monoisotopic (exact) mass is 459 g/mol. The van der Waals surface area contributed by atoms with Gasteiger partial charge in [0.2, 0.25) is 5.91 Å². The van der Waals surface area contributed by atoms with Crippen molar-refractivity contribution in [1.82, 2.24) is 29.4 Å². The highest BCUT2D eigenvalue weighted by Gasteiger charge is 2.39. The van der Waals surface area contributed by atoms with Gasteiger partial charge in [-0.25, -0.2) is 22.9 Å². The molecule has 3 aromatic rings. The molecule has 2 aliphatic heterocycles. The summed E-state index contributed by atoms with van der Waals surface area (Å²) in [5, 5.41) is 6.51. The van der Waals surface area contributed by atoms with Crippen LogP contribution >= 0.6 is 0 Å². The maximum atomic E-state index is 14.1. The van der Waals surface area contributed by atoms with Crippen LogP contribution in [0.15, 0.2) is 41.9 Å². The summed E-state index contributed by atoms with van der Waals surface area (Å²) in [6, 6.07) is 6.77. The maximum Gasteiger partial charge on any atom is 0.278 e. The molecule has 1 aromatic carbocycles. The molecule has 10 nitrogen and oxygen atoms in total. The van der Waals surface area contributed by atoms with Crippen molar-refractivity contribution in [2.45, 2.75) is 11.6 Å². The van der Waals surface area contributed by atoms with Gasteiger partial charge in [0.1, 0.15) is 17.7 Å². The van der Waals surface area contributed by atoms with E-state index < -0.39 is 10.0 Å². The number of aromatic nitrogens is 4. The molecule has 1 N–H and O–H groups in total. The second kappa shape index (κ2) is 8.10. The highest BCUT2D eigenvalue weighted by molar-refractivity contribution is 7.89. The summed E-state index contributed by atoms with van der Waals surface area (Å²) in [6.07, 6.45) is 3.21. The molecule has 1 amide bonds. The molecule has 0 radical (unpaired) electrons. The van der Waals surface area contributed by atoms with Crippen molar-refractivity contribution in [3.05, 3.63) is 42.6 Å². The van der Waals surface area contributed by atoms with Gasteiger partial charge >= 0.3 is 0 Å². The average molecular weight is 460 g/mol. The van der Waals surface area contributed by atoms with Gasteiger partial charge in [0.05, 0.1) is 5.92 Å². The summed E-state index contributed by atoms with van der Waals surface area (Å²) >= 11 is 0. The van der Waals surface area contributed by atoms with Crippen LogP contribution in [0.4, 0.5) is 10.1 Å². The molecule has 2 aliphatic rings. The first-order chi connectivity index (χ1) is 15.4. The standard InChI is InChI=1S/C20H22FN7O3S/c21-16-3-1-2-15-17(4-6-22-18(15)16)26-8-10-27(11-9-26)19(29)14-5-7-28(12-14)32(30,31)20-23-13-24-25-20/h1-4,6,13-14H,5,7-12H2,(H,23,24,25)/t14-/m0/s1. The quantitative estimate of drug-likeness (QED) is 0.615. The second-order valence-corrected chi connectivity index (χ2v) is 9.77. The van der Waals surface area contributed by atoms with Crippen molar-refractivity contribution >= 4 is 32.5 Å². The lowest BCUT2D eigenvalue weighted by atomic mass is 10.1. The Morgan fingerprint density at radius 3 is 2.66 bits per heavy atom. The molecule has 0 unspecified atom stereocenters. The Hall–Kier alpha value is -3.12. The number of pyridine rings is 1. The Balaban J connectivity index is 1.24. The molecule has 2 saturated heterocycles. The van der Waals surface area contributed by atoms with Gasteiger partial charge in [-0.2, -0.15) is 9.40 Å². The number of hydrogen-bond acceptors (Lipinski definition) is 7. The first-order valence-electron chi connectivity index (χ1n) is 10.4. The van der Waals surface area contributed by atoms with E-state index in [0.29, 0.717) is 38.1 Å². The molecule has 0 aliphatic carbocycles. The van der Waals surface area contributed by atoms with Crippen LogP contribution in [0.25, 0.3) is 10.9 Å². The Kier molecular flexibility index (Phi) is 5.25. The summed E-state index contributed by atoms with van der Waals surface area (Å²) in [4.78, 5) is 24.8. The van der Waals surface area contributed by atoms with Gasteiger partial charge in [0.25, 0.3) is 15.2 Å². The molecule has 0 spiro atoms. The SMILES string of the molecule is O=C([C@H]1CCN(S(=O)(=O)c2ncn[nH]2)C1)N1CCN(c2ccnc3c(F)cccc23)CC1. The van der Waals surface area contributed by atoms with Crippen molar-refractivity contribution < 1.29 is 17.6 Å². The molecule has 2 fully saturated rings. The van der Waals surface area contributed by atoms with Crippen LogP contribution in [0.3, 0.4) is 0 Å². The van der Waals surface area contributed by atoms with E-state index in [4.69, 9.17) is 0 Å². The van der Waals surface area contributed by atoms with Gasteiger partial charge < -0.3 is 9.80 Å². The molecular weight excluding hydrogens is 437 g/mol. The van der Waals surface area contributed by atoms with Crippen LogP contribution in [0.5, 0.6) is 0 Å². The van der Waals surface area contributed by atoms with Crippen LogP contribution < -0.4 is 4.90 Å². The maximum absolute atomic E-state index is 14.1. The lowest BCUT2D eigenvalue weighted by molar-refractivity contribution is -0.135. The number of sulfonamides is 1. The lowest BCUT2D eigenvalue weighted by Gasteiger charge is -2.37. The predicted octanol–water partition coefficient (Wildman–Crippen LogP) is 0.851. The number of carbonyl (C=O) groups is 1. The summed E-state index contributed by atoms with van der Waals surface area (Å²) in [5.74, 6) is -0.773. The van der Waals surface area contributed by atoms with Crippen molar-refractivity contribution in [3.8, 4) is 0 Å². The number of carbonyl (C=O) groups excluding carboxylic acids is 1. The molecule has 32 heavy (non-hydrogen) atoms. The highest BCUT2D eigenvalue weighted by atomic mass is 32.2. The molecule has 5 rings (SSSR count). The number of nitrogens with zero attached hydrogens (tertiary/aromatic N) is 6. The van der Waals surface area contributed by atoms with E-state index in [2.05, 4.69) is 25.1 Å². The second-order valence-electron chi connectivity index (χ2n) is 7.92. The van der Waals surface area contributed by atoms with Gasteiger partial charge in [0, 0.05) is 56.5 Å². The van der Waals surface area contributed by atoms with Gasteiger partial charge in [-0.15, -0.1) is 0 Å². The van der Waals surface area contributed by atoms with Crippen molar-refractivity contribution in [2.24, 2.45) is 5.92 Å². The minimum Gasteiger partial charge on any atom is -0.367 e. The fourth-order valence-electron chi connectivity index (χ4n) is 4.42. The number of aromatic amines is 1. The van der Waals surface area contributed by atoms with Crippen molar-refractivity contribution in [1.29, 1.82) is 0 Å². The van der Waals surface area contributed by atoms with E-state index in [1.165, 1.54) is 10.4 Å². The topological polar surface area (TPSA) is 115 Å². The summed E-state index contributed by atoms with van der Waals surface area (Å²) in [7, 11) is -3.77. The van der Waals surface area contributed by atoms with Crippen LogP contribution in [0, 0.1) is 11.7 Å². The average Bonchev–Trinajstić information content (AvgIpc) is 3.52. The van der Waals surface area contributed by atoms with Crippen LogP contribution in [-0.4, -0.2) is 83.0 Å². The van der Waals surface area contributed by atoms with Crippen molar-refractivity contribution in [2.75, 3.05) is 44.2 Å². The van der Waals surface area contributed by atoms with Gasteiger partial charge in [-0.3, -0.25) is 9.78 Å². The number of H-pyrrole nitrogens is 1. The van der Waals surface area contributed by atoms with Gasteiger partial charge in [-0.1, -0.05) is 12.1 Å². The Morgan fingerprint density at radius 2 is 1.91 bits per heavy atom. The number of halogens is 1. The normalized spacial score (nSPS) is 20.2. The molecule has 2 aromatic heterocycles. The zero-order valence-corrected chi connectivity index (χ0v) is 18.0. The largest absolute Gasteiger partial charge is 0.367 e. The predicted molar refractivity (Wildman–Crippen MR) is 114 cm³/mol. The van der Waals surface area contributed by atoms with E-state index in [1.807, 2.05) is 12.1 Å². The number of fused-ring (bicyclic) bond motifs is 1. The Bertz CT molecular complexity index is 1240. The molecule has 0 bridgehead atoms. The lowest BCUT2D eigenvalue weighted by Crippen LogP contribution is -2.50. The number of hydrogen-bond donors (Lipinski definition) is 1. The fraction of sp³-hybridized carbons (Fsp3) is 0.400. The summed E-state index contributed by atoms with van der Waals surface area (Å²) < 4.78 is 40.6. The van der Waals surface area contributed by atoms with Crippen LogP contribution in [0.1, 0.15) is 6.42 Å². The number of benzene rings is 1. The van der Waals surface area contributed by atoms with E-state index in [-0.39, 0.29) is 35.9 Å². The first-order valence-corrected chi connectivity index (χ1v) is 11.8. The molecular formula is C20H22FN7O3S. The molecule has 4 heterocycles. The number of piperazine rings is 1. The number of nitrogens with one attached hydrogen (secondary N) is 1. The Morgan fingerprint density at radius 1 is 1.09 bits per heavy atom. The molecule has 0 saturated carbocycles. The third-order valence-corrected chi connectivity index (χ3v) is 7.81. The van der Waals surface area contributed by atoms with Crippen LogP contribution in [-0.2, 0) is 14.8 Å². The van der Waals surface area contributed by atoms with E-state index in [0.717, 1.165) is 17.4 Å². The fourth-order valence-corrected chi connectivity index (χ4v) is 5.73. The number of anilines is 1. The van der Waals surface area contributed by atoms with E-state index in [1.54, 1.807) is 17.2 Å². The first kappa shape index (κ1) is 20.8. The number of rotatable bonds is 4. The highest BCUT2D eigenvalue weighted by Crippen LogP contribution is 2.29. The van der Waals surface area contributed by atoms with Crippen molar-refractivity contribution in [3.63, 3.8) is 0 Å². The summed E-state index contributed by atoms with van der Waals surface area (Å²) in [5.41, 5.74) is 1.23. The smallest absolute Gasteiger partial charge is 0.278 e. The van der Waals surface area contributed by atoms with Gasteiger partial charge in [0.15, 0.2) is 0 Å². The molecule has 1 atom stereocenters. The minimum absolute atomic E-state index is 0.0365. The van der Waals surface area contributed by atoms with E-state index in [9.17, 15) is 17.6 Å². The van der Waals surface area contributed by atoms with Crippen LogP contribution in [0.2, 0.25) is 0 Å². The van der Waals surface area contributed by atoms with Gasteiger partial charge in [-0.05, 0) is 18.6 Å². The number of amides is 1. The zero-order valence-electron chi connectivity index (χ0n) is 17.2. The number of para-hydroxylation sites is 1. The minimum atomic E-state index is -3.77. The Labute approximate surface area is 184 Å². The summed E-state index contributed by atoms with van der Waals surface area (Å²) in [6.45, 7) is 2.65. The molecule has 168 valence electrons. The third-order valence-electron chi connectivity index (χ3n) is 6.11. The third kappa shape index (κ3) is 3.58. The zero-order chi connectivity index (χ0) is 22.3. The molecule has 12 heteroatoms.